The summed E-state index contributed by atoms with van der Waals surface area (Å²) in [5.74, 6) is -1.33. The van der Waals surface area contributed by atoms with Gasteiger partial charge in [-0.25, -0.2) is 13.2 Å². The summed E-state index contributed by atoms with van der Waals surface area (Å²) in [4.78, 5) is 12.6. The van der Waals surface area contributed by atoms with E-state index in [9.17, 15) is 23.6 Å². The number of benzene rings is 2. The lowest BCUT2D eigenvalue weighted by molar-refractivity contribution is 0.0473. The maximum atomic E-state index is 12.9. The van der Waals surface area contributed by atoms with Gasteiger partial charge in [0, 0.05) is 4.88 Å². The lowest BCUT2D eigenvalue weighted by Crippen LogP contribution is -2.14. The van der Waals surface area contributed by atoms with Crippen LogP contribution in [-0.4, -0.2) is 19.5 Å². The van der Waals surface area contributed by atoms with Crippen LogP contribution in [0.2, 0.25) is 4.34 Å². The number of sulfonamides is 1. The molecule has 0 unspecified atom stereocenters. The molecule has 1 aromatic heterocycles. The monoisotopic (exact) mass is 524 g/mol. The van der Waals surface area contributed by atoms with Gasteiger partial charge in [-0.3, -0.25) is 4.72 Å². The van der Waals surface area contributed by atoms with E-state index in [-0.39, 0.29) is 26.7 Å². The number of aromatic hydroxyl groups is 1. The highest BCUT2D eigenvalue weighted by molar-refractivity contribution is 9.10. The molecule has 2 N–H and O–H groups in total. The Kier molecular flexibility index (Phi) is 5.23. The summed E-state index contributed by atoms with van der Waals surface area (Å²) in [7, 11) is -4.29. The van der Waals surface area contributed by atoms with Gasteiger partial charge in [0.05, 0.1) is 27.4 Å². The normalized spacial score (nSPS) is 14.8. The lowest BCUT2D eigenvalue weighted by atomic mass is 10.0. The molecule has 152 valence electrons. The van der Waals surface area contributed by atoms with Gasteiger partial charge in [-0.1, -0.05) is 17.7 Å². The third-order valence-electron chi connectivity index (χ3n) is 4.35. The molecule has 2 aromatic carbocycles. The van der Waals surface area contributed by atoms with Crippen LogP contribution in [0, 0.1) is 11.3 Å². The fourth-order valence-corrected chi connectivity index (χ4v) is 6.06. The zero-order chi connectivity index (χ0) is 21.6. The Balaban J connectivity index is 1.97. The summed E-state index contributed by atoms with van der Waals surface area (Å²) in [5.41, 5.74) is 1.64. The van der Waals surface area contributed by atoms with Crippen molar-refractivity contribution in [2.45, 2.75) is 11.5 Å². The average Bonchev–Trinajstić information content (AvgIpc) is 3.06. The first-order valence-corrected chi connectivity index (χ1v) is 11.7. The fraction of sp³-hybridized carbons (Fsp3) is 0.0526. The molecule has 0 radical (unpaired) electrons. The van der Waals surface area contributed by atoms with Crippen LogP contribution < -0.4 is 4.72 Å². The SMILES string of the molecule is N#Cc1ccc2c(c1)-c1cc(c(Cl)s1)NS(=O)(=O)c1cc(cc(Br)c1O)C(=O)OC2. The van der Waals surface area contributed by atoms with Crippen molar-refractivity contribution in [1.29, 1.82) is 5.26 Å². The second-order valence-corrected chi connectivity index (χ2v) is 10.4. The van der Waals surface area contributed by atoms with Crippen molar-refractivity contribution < 1.29 is 23.1 Å². The van der Waals surface area contributed by atoms with Gasteiger partial charge in [-0.15, -0.1) is 11.3 Å². The van der Waals surface area contributed by atoms with Crippen molar-refractivity contribution in [3.63, 3.8) is 0 Å². The van der Waals surface area contributed by atoms with Gasteiger partial charge in [-0.2, -0.15) is 5.26 Å². The van der Waals surface area contributed by atoms with Crippen LogP contribution in [0.15, 0.2) is 45.8 Å². The number of nitriles is 1. The van der Waals surface area contributed by atoms with Gasteiger partial charge >= 0.3 is 5.97 Å². The van der Waals surface area contributed by atoms with E-state index >= 15 is 0 Å². The smallest absolute Gasteiger partial charge is 0.338 e. The number of cyclic esters (lactones) is 1. The number of phenols is 1. The van der Waals surface area contributed by atoms with Crippen LogP contribution in [0.25, 0.3) is 10.4 Å². The molecular formula is C19H10BrClN2O5S2. The van der Waals surface area contributed by atoms with Gasteiger partial charge in [0.15, 0.2) is 0 Å². The van der Waals surface area contributed by atoms with Crippen molar-refractivity contribution in [3.05, 3.63) is 61.9 Å². The van der Waals surface area contributed by atoms with Crippen LogP contribution in [0.5, 0.6) is 5.75 Å². The number of carbonyl (C=O) groups is 1. The summed E-state index contributed by atoms with van der Waals surface area (Å²) in [5, 5.41) is 19.5. The van der Waals surface area contributed by atoms with Gasteiger partial charge in [0.1, 0.15) is 21.6 Å². The van der Waals surface area contributed by atoms with E-state index in [1.54, 1.807) is 18.2 Å². The first kappa shape index (κ1) is 20.7. The van der Waals surface area contributed by atoms with Gasteiger partial charge in [0.25, 0.3) is 10.0 Å². The number of anilines is 1. The quantitative estimate of drug-likeness (QED) is 0.404. The summed E-state index contributed by atoms with van der Waals surface area (Å²) >= 11 is 10.4. The molecule has 11 heteroatoms. The molecule has 0 saturated heterocycles. The molecule has 30 heavy (non-hydrogen) atoms. The van der Waals surface area contributed by atoms with Crippen LogP contribution in [-0.2, 0) is 21.4 Å². The summed E-state index contributed by atoms with van der Waals surface area (Å²) in [6.45, 7) is -0.112. The molecule has 0 amide bonds. The number of thiophene rings is 1. The van der Waals surface area contributed by atoms with E-state index in [0.29, 0.717) is 21.6 Å². The molecule has 4 rings (SSSR count). The first-order chi connectivity index (χ1) is 14.2. The minimum Gasteiger partial charge on any atom is -0.505 e. The minimum absolute atomic E-state index is 0.0170. The van der Waals surface area contributed by atoms with Crippen LogP contribution in [0.4, 0.5) is 5.69 Å². The molecule has 1 aliphatic heterocycles. The maximum absolute atomic E-state index is 12.9. The largest absolute Gasteiger partial charge is 0.505 e. The molecule has 0 fully saturated rings. The number of fused-ring (bicyclic) bond motifs is 6. The van der Waals surface area contributed by atoms with E-state index in [1.807, 2.05) is 6.07 Å². The number of hydrogen-bond donors (Lipinski definition) is 2. The molecule has 1 aliphatic rings. The maximum Gasteiger partial charge on any atom is 0.338 e. The van der Waals surface area contributed by atoms with Gasteiger partial charge in [0.2, 0.25) is 0 Å². The van der Waals surface area contributed by atoms with E-state index in [1.165, 1.54) is 12.1 Å². The third kappa shape index (κ3) is 3.65. The van der Waals surface area contributed by atoms with E-state index < -0.39 is 26.6 Å². The number of phenolic OH excluding ortho intramolecular Hbond substituents is 1. The van der Waals surface area contributed by atoms with Crippen molar-refractivity contribution >= 4 is 60.5 Å². The van der Waals surface area contributed by atoms with Gasteiger partial charge < -0.3 is 9.84 Å². The van der Waals surface area contributed by atoms with E-state index in [2.05, 4.69) is 20.7 Å². The predicted molar refractivity (Wildman–Crippen MR) is 115 cm³/mol. The number of esters is 1. The number of halogens is 2. The predicted octanol–water partition coefficient (Wildman–Crippen LogP) is 4.88. The summed E-state index contributed by atoms with van der Waals surface area (Å²) in [6.07, 6.45) is 0. The third-order valence-corrected chi connectivity index (χ3v) is 7.72. The van der Waals surface area contributed by atoms with Crippen molar-refractivity contribution in [3.8, 4) is 22.3 Å². The fourth-order valence-electron chi connectivity index (χ4n) is 2.90. The Hall–Kier alpha value is -2.58. The van der Waals surface area contributed by atoms with Crippen molar-refractivity contribution in [2.24, 2.45) is 0 Å². The Morgan fingerprint density at radius 2 is 2.03 bits per heavy atom. The van der Waals surface area contributed by atoms with Crippen LogP contribution in [0.3, 0.4) is 0 Å². The van der Waals surface area contributed by atoms with Crippen LogP contribution in [0.1, 0.15) is 21.5 Å². The highest BCUT2D eigenvalue weighted by Crippen LogP contribution is 2.42. The molecule has 0 aliphatic carbocycles. The molecule has 4 bridgehead atoms. The number of hydrogen-bond acceptors (Lipinski definition) is 7. The molecule has 3 aromatic rings. The highest BCUT2D eigenvalue weighted by atomic mass is 79.9. The van der Waals surface area contributed by atoms with Crippen LogP contribution >= 0.6 is 38.9 Å². The second kappa shape index (κ2) is 7.59. The zero-order valence-corrected chi connectivity index (χ0v) is 18.7. The Labute approximate surface area is 188 Å². The Morgan fingerprint density at radius 1 is 1.27 bits per heavy atom. The topological polar surface area (TPSA) is 116 Å². The van der Waals surface area contributed by atoms with Gasteiger partial charge in [-0.05, 0) is 57.4 Å². The Bertz CT molecular complexity index is 1360. The number of nitrogens with zero attached hydrogens (tertiary/aromatic N) is 1. The minimum atomic E-state index is -4.29. The summed E-state index contributed by atoms with van der Waals surface area (Å²) < 4.78 is 33.7. The van der Waals surface area contributed by atoms with E-state index in [0.717, 1.165) is 17.4 Å². The Morgan fingerprint density at radius 3 is 2.77 bits per heavy atom. The number of nitrogens with one attached hydrogen (secondary N) is 1. The number of rotatable bonds is 0. The zero-order valence-electron chi connectivity index (χ0n) is 14.8. The standard InChI is InChI=1S/C19H10BrClN2O5S2/c20-13-4-11-5-16(17(13)24)30(26,27)23-14-6-15(29-18(14)21)12-3-9(7-22)1-2-10(12)8-28-19(11)25/h1-6,23-24H,8H2. The van der Waals surface area contributed by atoms with E-state index in [4.69, 9.17) is 16.3 Å². The number of carbonyl (C=O) groups excluding carboxylic acids is 1. The molecule has 0 spiro atoms. The molecule has 7 nitrogen and oxygen atoms in total. The highest BCUT2D eigenvalue weighted by Gasteiger charge is 2.26. The first-order valence-electron chi connectivity index (χ1n) is 8.25. The number of ether oxygens (including phenoxy) is 1. The lowest BCUT2D eigenvalue weighted by Gasteiger charge is -2.12. The molecular weight excluding hydrogens is 516 g/mol. The van der Waals surface area contributed by atoms with Crippen molar-refractivity contribution in [1.82, 2.24) is 0 Å². The second-order valence-electron chi connectivity index (χ2n) is 6.27. The molecule has 0 atom stereocenters. The van der Waals surface area contributed by atoms with Crippen molar-refractivity contribution in [2.75, 3.05) is 4.72 Å². The summed E-state index contributed by atoms with van der Waals surface area (Å²) in [6, 6.07) is 10.8. The average molecular weight is 526 g/mol. The molecule has 0 saturated carbocycles. The molecule has 2 heterocycles.